The molecule has 3 aromatic rings. The third kappa shape index (κ3) is 4.03. The fraction of sp³-hybridized carbons (Fsp3) is 0.273. The van der Waals surface area contributed by atoms with Crippen LogP contribution in [0.4, 0.5) is 0 Å². The zero-order valence-electron chi connectivity index (χ0n) is 16.5. The lowest BCUT2D eigenvalue weighted by Crippen LogP contribution is -2.18. The van der Waals surface area contributed by atoms with Gasteiger partial charge in [0.1, 0.15) is 0 Å². The van der Waals surface area contributed by atoms with Crippen molar-refractivity contribution in [3.05, 3.63) is 76.9 Å². The number of nitrogens with one attached hydrogen (secondary N) is 1. The summed E-state index contributed by atoms with van der Waals surface area (Å²) in [5.74, 6) is -0.226. The molecule has 0 aliphatic rings. The van der Waals surface area contributed by atoms with E-state index in [-0.39, 0.29) is 5.91 Å². The summed E-state index contributed by atoms with van der Waals surface area (Å²) in [4.78, 5) is 12.5. The summed E-state index contributed by atoms with van der Waals surface area (Å²) in [5, 5.41) is 4.11. The second-order valence-electron chi connectivity index (χ2n) is 7.12. The van der Waals surface area contributed by atoms with Crippen molar-refractivity contribution in [1.82, 2.24) is 14.6 Å². The predicted octanol–water partition coefficient (Wildman–Crippen LogP) is 4.55. The molecule has 5 heteroatoms. The molecule has 0 saturated carbocycles. The molecule has 2 aromatic heterocycles. The van der Waals surface area contributed by atoms with Crippen LogP contribution >= 0.6 is 0 Å². The molecule has 1 N–H and O–H groups in total. The molecule has 0 unspecified atom stereocenters. The SMILES string of the molecule is Cc1cc(/C=N\NC(=O)c2cccc(-n3c(C)ccc3C)c2)cn1C(C)C. The Bertz CT molecular complexity index is 972. The maximum absolute atomic E-state index is 12.5. The molecule has 2 heterocycles. The maximum atomic E-state index is 12.5. The summed E-state index contributed by atoms with van der Waals surface area (Å²) < 4.78 is 4.30. The Morgan fingerprint density at radius 1 is 1.04 bits per heavy atom. The van der Waals surface area contributed by atoms with Crippen LogP contribution in [-0.4, -0.2) is 21.3 Å². The first-order chi connectivity index (χ1) is 12.9. The van der Waals surface area contributed by atoms with Gasteiger partial charge in [-0.2, -0.15) is 5.10 Å². The van der Waals surface area contributed by atoms with Crippen LogP contribution in [0.5, 0.6) is 0 Å². The first-order valence-corrected chi connectivity index (χ1v) is 9.14. The highest BCUT2D eigenvalue weighted by Crippen LogP contribution is 2.17. The molecule has 0 radical (unpaired) electrons. The molecule has 0 spiro atoms. The van der Waals surface area contributed by atoms with Crippen molar-refractivity contribution in [2.45, 2.75) is 40.7 Å². The van der Waals surface area contributed by atoms with Crippen molar-refractivity contribution < 1.29 is 4.79 Å². The van der Waals surface area contributed by atoms with Gasteiger partial charge in [-0.1, -0.05) is 6.07 Å². The van der Waals surface area contributed by atoms with Crippen LogP contribution in [0.25, 0.3) is 5.69 Å². The van der Waals surface area contributed by atoms with Gasteiger partial charge in [-0.25, -0.2) is 5.43 Å². The minimum Gasteiger partial charge on any atom is -0.349 e. The van der Waals surface area contributed by atoms with Crippen LogP contribution in [0.1, 0.15) is 52.9 Å². The summed E-state index contributed by atoms with van der Waals surface area (Å²) in [6.07, 6.45) is 3.71. The van der Waals surface area contributed by atoms with Crippen LogP contribution in [0, 0.1) is 20.8 Å². The van der Waals surface area contributed by atoms with Gasteiger partial charge in [0.05, 0.1) is 6.21 Å². The first-order valence-electron chi connectivity index (χ1n) is 9.14. The van der Waals surface area contributed by atoms with Crippen molar-refractivity contribution in [3.63, 3.8) is 0 Å². The third-order valence-electron chi connectivity index (χ3n) is 4.64. The number of carbonyl (C=O) groups excluding carboxylic acids is 1. The zero-order valence-corrected chi connectivity index (χ0v) is 16.5. The Balaban J connectivity index is 1.73. The van der Waals surface area contributed by atoms with Gasteiger partial charge < -0.3 is 9.13 Å². The van der Waals surface area contributed by atoms with Crippen LogP contribution in [0.3, 0.4) is 0 Å². The molecule has 140 valence electrons. The van der Waals surface area contributed by atoms with E-state index in [2.05, 4.69) is 66.4 Å². The van der Waals surface area contributed by atoms with Gasteiger partial charge in [-0.3, -0.25) is 4.79 Å². The van der Waals surface area contributed by atoms with Gasteiger partial charge in [0.15, 0.2) is 0 Å². The number of hydrogen-bond donors (Lipinski definition) is 1. The Morgan fingerprint density at radius 2 is 1.74 bits per heavy atom. The normalized spacial score (nSPS) is 11.5. The van der Waals surface area contributed by atoms with Crippen molar-refractivity contribution >= 4 is 12.1 Å². The largest absolute Gasteiger partial charge is 0.349 e. The van der Waals surface area contributed by atoms with Gasteiger partial charge in [-0.15, -0.1) is 0 Å². The summed E-state index contributed by atoms with van der Waals surface area (Å²) in [6, 6.07) is 14.1. The molecule has 0 aliphatic heterocycles. The minimum absolute atomic E-state index is 0.226. The number of benzene rings is 1. The number of hydrazone groups is 1. The van der Waals surface area contributed by atoms with E-state index in [0.29, 0.717) is 11.6 Å². The second-order valence-corrected chi connectivity index (χ2v) is 7.12. The Morgan fingerprint density at radius 3 is 2.37 bits per heavy atom. The molecular formula is C22H26N4O. The lowest BCUT2D eigenvalue weighted by Gasteiger charge is -2.10. The van der Waals surface area contributed by atoms with Crippen LogP contribution in [-0.2, 0) is 0 Å². The quantitative estimate of drug-likeness (QED) is 0.525. The van der Waals surface area contributed by atoms with E-state index in [1.54, 1.807) is 12.3 Å². The van der Waals surface area contributed by atoms with E-state index >= 15 is 0 Å². The van der Waals surface area contributed by atoms with Crippen LogP contribution in [0.2, 0.25) is 0 Å². The lowest BCUT2D eigenvalue weighted by molar-refractivity contribution is 0.0955. The topological polar surface area (TPSA) is 51.3 Å². The second kappa shape index (κ2) is 7.66. The molecule has 3 rings (SSSR count). The summed E-state index contributed by atoms with van der Waals surface area (Å²) >= 11 is 0. The third-order valence-corrected chi connectivity index (χ3v) is 4.64. The minimum atomic E-state index is -0.226. The average Bonchev–Trinajstić information content (AvgIpc) is 3.17. The zero-order chi connectivity index (χ0) is 19.6. The molecule has 0 atom stereocenters. The average molecular weight is 362 g/mol. The predicted molar refractivity (Wildman–Crippen MR) is 110 cm³/mol. The van der Waals surface area contributed by atoms with Crippen LogP contribution in [0.15, 0.2) is 53.8 Å². The van der Waals surface area contributed by atoms with Gasteiger partial charge in [0.2, 0.25) is 0 Å². The molecule has 5 nitrogen and oxygen atoms in total. The molecular weight excluding hydrogens is 336 g/mol. The fourth-order valence-corrected chi connectivity index (χ4v) is 3.33. The summed E-state index contributed by atoms with van der Waals surface area (Å²) in [7, 11) is 0. The van der Waals surface area contributed by atoms with Crippen molar-refractivity contribution in [2.24, 2.45) is 5.10 Å². The number of nitrogens with zero attached hydrogens (tertiary/aromatic N) is 3. The number of hydrogen-bond acceptors (Lipinski definition) is 2. The maximum Gasteiger partial charge on any atom is 0.271 e. The van der Waals surface area contributed by atoms with E-state index in [1.165, 1.54) is 5.69 Å². The smallest absolute Gasteiger partial charge is 0.271 e. The van der Waals surface area contributed by atoms with Crippen molar-refractivity contribution in [1.29, 1.82) is 0 Å². The fourth-order valence-electron chi connectivity index (χ4n) is 3.33. The number of carbonyl (C=O) groups is 1. The molecule has 1 amide bonds. The van der Waals surface area contributed by atoms with Gasteiger partial charge >= 0.3 is 0 Å². The number of amides is 1. The molecule has 0 bridgehead atoms. The Kier molecular flexibility index (Phi) is 5.31. The summed E-state index contributed by atoms with van der Waals surface area (Å²) in [5.41, 5.74) is 8.57. The van der Waals surface area contributed by atoms with E-state index < -0.39 is 0 Å². The Hall–Kier alpha value is -3.08. The van der Waals surface area contributed by atoms with Gasteiger partial charge in [0, 0.05) is 46.1 Å². The monoisotopic (exact) mass is 362 g/mol. The lowest BCUT2D eigenvalue weighted by atomic mass is 10.2. The molecule has 0 fully saturated rings. The molecule has 0 aliphatic carbocycles. The summed E-state index contributed by atoms with van der Waals surface area (Å²) in [6.45, 7) is 10.4. The van der Waals surface area contributed by atoms with Crippen molar-refractivity contribution in [2.75, 3.05) is 0 Å². The van der Waals surface area contributed by atoms with Gasteiger partial charge in [0.25, 0.3) is 5.91 Å². The van der Waals surface area contributed by atoms with E-state index in [0.717, 1.165) is 22.6 Å². The number of rotatable bonds is 5. The number of aromatic nitrogens is 2. The number of aryl methyl sites for hydroxylation is 3. The molecule has 27 heavy (non-hydrogen) atoms. The van der Waals surface area contributed by atoms with E-state index in [4.69, 9.17) is 0 Å². The van der Waals surface area contributed by atoms with E-state index in [1.807, 2.05) is 30.5 Å². The van der Waals surface area contributed by atoms with E-state index in [9.17, 15) is 4.79 Å². The molecule has 1 aromatic carbocycles. The Labute approximate surface area is 160 Å². The highest BCUT2D eigenvalue weighted by molar-refractivity contribution is 5.95. The first kappa shape index (κ1) is 18.7. The highest BCUT2D eigenvalue weighted by Gasteiger charge is 2.09. The molecule has 0 saturated heterocycles. The standard InChI is InChI=1S/C22H26N4O/c1-15(2)25-14-19(11-18(25)5)13-23-24-22(27)20-7-6-8-21(12-20)26-16(3)9-10-17(26)4/h6-15H,1-5H3,(H,24,27)/b23-13-. The highest BCUT2D eigenvalue weighted by atomic mass is 16.2. The van der Waals surface area contributed by atoms with Crippen LogP contribution < -0.4 is 5.43 Å². The van der Waals surface area contributed by atoms with Crippen molar-refractivity contribution in [3.8, 4) is 5.69 Å². The van der Waals surface area contributed by atoms with Gasteiger partial charge in [-0.05, 0) is 71.0 Å².